The molecule has 1 atom stereocenters. The molecule has 0 aliphatic carbocycles. The van der Waals surface area contributed by atoms with Gasteiger partial charge in [0.2, 0.25) is 5.91 Å². The fraction of sp³-hybridized carbons (Fsp3) is 0.222. The van der Waals surface area contributed by atoms with Crippen molar-refractivity contribution in [1.29, 1.82) is 0 Å². The van der Waals surface area contributed by atoms with Gasteiger partial charge in [0, 0.05) is 18.7 Å². The predicted octanol–water partition coefficient (Wildman–Crippen LogP) is 3.36. The van der Waals surface area contributed by atoms with Gasteiger partial charge in [-0.1, -0.05) is 23.7 Å². The average molecular weight is 347 g/mol. The summed E-state index contributed by atoms with van der Waals surface area (Å²) >= 11 is 6.17. The molecule has 1 saturated heterocycles. The first-order valence-electron chi connectivity index (χ1n) is 7.61. The first kappa shape index (κ1) is 16.5. The van der Waals surface area contributed by atoms with Gasteiger partial charge in [0.15, 0.2) is 0 Å². The molecule has 0 spiro atoms. The van der Waals surface area contributed by atoms with Crippen molar-refractivity contribution in [2.75, 3.05) is 18.0 Å². The number of hydrogen-bond acceptors (Lipinski definition) is 2. The van der Waals surface area contributed by atoms with Crippen LogP contribution >= 0.6 is 11.6 Å². The van der Waals surface area contributed by atoms with Crippen molar-refractivity contribution in [3.05, 3.63) is 64.9 Å². The molecule has 24 heavy (non-hydrogen) atoms. The number of hydrogen-bond donors (Lipinski definition) is 0. The quantitative estimate of drug-likeness (QED) is 0.836. The minimum absolute atomic E-state index is 0.190. The third-order valence-corrected chi connectivity index (χ3v) is 4.47. The van der Waals surface area contributed by atoms with E-state index in [0.717, 1.165) is 0 Å². The molecular weight excluding hydrogens is 331 g/mol. The van der Waals surface area contributed by atoms with Gasteiger partial charge in [-0.25, -0.2) is 4.39 Å². The topological polar surface area (TPSA) is 40.6 Å². The molecule has 1 heterocycles. The van der Waals surface area contributed by atoms with Gasteiger partial charge in [-0.05, 0) is 43.3 Å². The Morgan fingerprint density at radius 3 is 2.46 bits per heavy atom. The number of carbonyl (C=O) groups is 2. The maximum absolute atomic E-state index is 13.0. The summed E-state index contributed by atoms with van der Waals surface area (Å²) in [5, 5.41) is 0.497. The van der Waals surface area contributed by atoms with Crippen LogP contribution < -0.4 is 4.90 Å². The van der Waals surface area contributed by atoms with E-state index in [1.54, 1.807) is 30.0 Å². The van der Waals surface area contributed by atoms with Crippen LogP contribution in [0.15, 0.2) is 48.5 Å². The number of anilines is 1. The molecule has 6 heteroatoms. The van der Waals surface area contributed by atoms with Crippen LogP contribution in [-0.2, 0) is 4.79 Å². The number of piperazine rings is 1. The number of para-hydroxylation sites is 1. The Morgan fingerprint density at radius 1 is 1.12 bits per heavy atom. The third kappa shape index (κ3) is 2.99. The van der Waals surface area contributed by atoms with Crippen LogP contribution in [0, 0.1) is 5.82 Å². The molecular formula is C18H16ClFN2O2. The van der Waals surface area contributed by atoms with E-state index in [2.05, 4.69) is 0 Å². The van der Waals surface area contributed by atoms with E-state index in [1.165, 1.54) is 29.2 Å². The highest BCUT2D eigenvalue weighted by atomic mass is 35.5. The standard InChI is InChI=1S/C18H16ClFN2O2/c1-12-17(23)22(16-5-3-2-4-15(16)19)11-10-21(12)18(24)13-6-8-14(20)9-7-13/h2-9,12H,10-11H2,1H3. The number of benzene rings is 2. The van der Waals surface area contributed by atoms with Gasteiger partial charge < -0.3 is 9.80 Å². The van der Waals surface area contributed by atoms with Crippen molar-refractivity contribution < 1.29 is 14.0 Å². The van der Waals surface area contributed by atoms with E-state index in [9.17, 15) is 14.0 Å². The summed E-state index contributed by atoms with van der Waals surface area (Å²) in [5.74, 6) is -0.876. The Balaban J connectivity index is 1.81. The Morgan fingerprint density at radius 2 is 1.79 bits per heavy atom. The van der Waals surface area contributed by atoms with Crippen LogP contribution in [0.1, 0.15) is 17.3 Å². The Bertz CT molecular complexity index is 779. The Hall–Kier alpha value is -2.40. The van der Waals surface area contributed by atoms with Crippen LogP contribution in [0.3, 0.4) is 0 Å². The average Bonchev–Trinajstić information content (AvgIpc) is 2.58. The molecule has 0 radical (unpaired) electrons. The van der Waals surface area contributed by atoms with Gasteiger partial charge in [0.05, 0.1) is 10.7 Å². The second-order valence-electron chi connectivity index (χ2n) is 5.62. The van der Waals surface area contributed by atoms with Crippen molar-refractivity contribution in [2.45, 2.75) is 13.0 Å². The van der Waals surface area contributed by atoms with Crippen LogP contribution in [0.2, 0.25) is 5.02 Å². The molecule has 2 aromatic carbocycles. The van der Waals surface area contributed by atoms with Crippen molar-refractivity contribution in [1.82, 2.24) is 4.90 Å². The SMILES string of the molecule is CC1C(=O)N(c2ccccc2Cl)CCN1C(=O)c1ccc(F)cc1. The number of halogens is 2. The fourth-order valence-electron chi connectivity index (χ4n) is 2.82. The van der Waals surface area contributed by atoms with Gasteiger partial charge >= 0.3 is 0 Å². The highest BCUT2D eigenvalue weighted by Gasteiger charge is 2.35. The maximum Gasteiger partial charge on any atom is 0.254 e. The largest absolute Gasteiger partial charge is 0.325 e. The zero-order valence-corrected chi connectivity index (χ0v) is 13.8. The van der Waals surface area contributed by atoms with E-state index in [0.29, 0.717) is 29.4 Å². The van der Waals surface area contributed by atoms with E-state index in [1.807, 2.05) is 6.07 Å². The van der Waals surface area contributed by atoms with Crippen molar-refractivity contribution in [3.63, 3.8) is 0 Å². The van der Waals surface area contributed by atoms with E-state index >= 15 is 0 Å². The normalized spacial score (nSPS) is 18.0. The number of carbonyl (C=O) groups excluding carboxylic acids is 2. The highest BCUT2D eigenvalue weighted by molar-refractivity contribution is 6.33. The number of amides is 2. The summed E-state index contributed by atoms with van der Waals surface area (Å²) < 4.78 is 13.0. The zero-order chi connectivity index (χ0) is 17.3. The van der Waals surface area contributed by atoms with E-state index < -0.39 is 11.9 Å². The Kier molecular flexibility index (Phi) is 4.53. The molecule has 1 aliphatic rings. The summed E-state index contributed by atoms with van der Waals surface area (Å²) in [4.78, 5) is 28.4. The molecule has 2 amide bonds. The van der Waals surface area contributed by atoms with Gasteiger partial charge in [0.1, 0.15) is 11.9 Å². The summed E-state index contributed by atoms with van der Waals surface area (Å²) in [5.41, 5.74) is 1.01. The molecule has 0 aromatic heterocycles. The van der Waals surface area contributed by atoms with E-state index in [-0.39, 0.29) is 11.8 Å². The number of nitrogens with zero attached hydrogens (tertiary/aromatic N) is 2. The summed E-state index contributed by atoms with van der Waals surface area (Å²) in [6, 6.07) is 11.8. The van der Waals surface area contributed by atoms with Crippen molar-refractivity contribution in [2.24, 2.45) is 0 Å². The van der Waals surface area contributed by atoms with Gasteiger partial charge in [-0.2, -0.15) is 0 Å². The smallest absolute Gasteiger partial charge is 0.254 e. The molecule has 0 saturated carbocycles. The molecule has 2 aromatic rings. The molecule has 1 aliphatic heterocycles. The van der Waals surface area contributed by atoms with Crippen LogP contribution in [-0.4, -0.2) is 35.8 Å². The zero-order valence-electron chi connectivity index (χ0n) is 13.1. The second kappa shape index (κ2) is 6.61. The third-order valence-electron chi connectivity index (χ3n) is 4.15. The van der Waals surface area contributed by atoms with Gasteiger partial charge in [0.25, 0.3) is 5.91 Å². The summed E-state index contributed by atoms with van der Waals surface area (Å²) in [6.07, 6.45) is 0. The molecule has 4 nitrogen and oxygen atoms in total. The maximum atomic E-state index is 13.0. The summed E-state index contributed by atoms with van der Waals surface area (Å²) in [6.45, 7) is 2.43. The fourth-order valence-corrected chi connectivity index (χ4v) is 3.05. The van der Waals surface area contributed by atoms with Crippen LogP contribution in [0.4, 0.5) is 10.1 Å². The monoisotopic (exact) mass is 346 g/mol. The van der Waals surface area contributed by atoms with Crippen LogP contribution in [0.25, 0.3) is 0 Å². The molecule has 124 valence electrons. The van der Waals surface area contributed by atoms with Crippen LogP contribution in [0.5, 0.6) is 0 Å². The molecule has 0 N–H and O–H groups in total. The molecule has 1 unspecified atom stereocenters. The lowest BCUT2D eigenvalue weighted by Gasteiger charge is -2.39. The molecule has 0 bridgehead atoms. The van der Waals surface area contributed by atoms with Crippen molar-refractivity contribution >= 4 is 29.1 Å². The lowest BCUT2D eigenvalue weighted by molar-refractivity contribution is -0.124. The van der Waals surface area contributed by atoms with E-state index in [4.69, 9.17) is 11.6 Å². The minimum Gasteiger partial charge on any atom is -0.325 e. The number of rotatable bonds is 2. The summed E-state index contributed by atoms with van der Waals surface area (Å²) in [7, 11) is 0. The molecule has 3 rings (SSSR count). The molecule has 1 fully saturated rings. The minimum atomic E-state index is -0.618. The first-order chi connectivity index (χ1) is 11.5. The lowest BCUT2D eigenvalue weighted by atomic mass is 10.1. The first-order valence-corrected chi connectivity index (χ1v) is 7.99. The Labute approximate surface area is 144 Å². The lowest BCUT2D eigenvalue weighted by Crippen LogP contribution is -2.57. The second-order valence-corrected chi connectivity index (χ2v) is 6.03. The van der Waals surface area contributed by atoms with Gasteiger partial charge in [-0.15, -0.1) is 0 Å². The highest BCUT2D eigenvalue weighted by Crippen LogP contribution is 2.28. The van der Waals surface area contributed by atoms with Crippen molar-refractivity contribution in [3.8, 4) is 0 Å². The van der Waals surface area contributed by atoms with Gasteiger partial charge in [-0.3, -0.25) is 9.59 Å². The predicted molar refractivity (Wildman–Crippen MR) is 90.7 cm³/mol.